The maximum Gasteiger partial charge on any atom is 0.326 e. The molecule has 0 aromatic heterocycles. The minimum atomic E-state index is -1.16. The van der Waals surface area contributed by atoms with Gasteiger partial charge in [0.15, 0.2) is 0 Å². The van der Waals surface area contributed by atoms with Crippen LogP contribution in [0.25, 0.3) is 6.08 Å². The molecule has 0 spiro atoms. The molecule has 0 radical (unpaired) electrons. The van der Waals surface area contributed by atoms with Crippen molar-refractivity contribution in [1.82, 2.24) is 4.90 Å². The number of aromatic hydroxyl groups is 1. The number of nitro groups is 1. The number of phenols is 1. The molecule has 1 heterocycles. The van der Waals surface area contributed by atoms with Gasteiger partial charge in [0.1, 0.15) is 16.1 Å². The molecule has 2 N–H and O–H groups in total. The molecule has 0 saturated carbocycles. The zero-order valence-corrected chi connectivity index (χ0v) is 15.9. The molecule has 1 fully saturated rings. The van der Waals surface area contributed by atoms with Gasteiger partial charge in [-0.05, 0) is 30.6 Å². The summed E-state index contributed by atoms with van der Waals surface area (Å²) in [6.07, 6.45) is 3.33. The third-order valence-corrected chi connectivity index (χ3v) is 5.50. The van der Waals surface area contributed by atoms with Gasteiger partial charge in [-0.1, -0.05) is 24.0 Å². The molecule has 0 bridgehead atoms. The van der Waals surface area contributed by atoms with E-state index in [4.69, 9.17) is 12.2 Å². The highest BCUT2D eigenvalue weighted by Crippen LogP contribution is 2.36. The van der Waals surface area contributed by atoms with Crippen LogP contribution < -0.4 is 0 Å². The lowest BCUT2D eigenvalue weighted by Gasteiger charge is -2.22. The monoisotopic (exact) mass is 414 g/mol. The predicted molar refractivity (Wildman–Crippen MR) is 104 cm³/mol. The molecule has 26 heavy (non-hydrogen) atoms. The van der Waals surface area contributed by atoms with E-state index in [0.717, 1.165) is 34.9 Å². The Labute approximate surface area is 162 Å². The van der Waals surface area contributed by atoms with Gasteiger partial charge in [0.2, 0.25) is 0 Å². The Morgan fingerprint density at radius 2 is 2.23 bits per heavy atom. The Morgan fingerprint density at radius 3 is 2.81 bits per heavy atom. The number of amides is 1. The normalized spacial score (nSPS) is 17.0. The highest BCUT2D eigenvalue weighted by atomic mass is 32.2. The number of hydrogen-bond donors (Lipinski definition) is 2. The summed E-state index contributed by atoms with van der Waals surface area (Å²) in [5.41, 5.74) is -0.163. The summed E-state index contributed by atoms with van der Waals surface area (Å²) >= 11 is 7.50. The molecule has 0 aliphatic carbocycles. The summed E-state index contributed by atoms with van der Waals surface area (Å²) < 4.78 is 0.0969. The number of thiocarbonyl (C=S) groups is 1. The fourth-order valence-corrected chi connectivity index (χ4v) is 4.06. The Kier molecular flexibility index (Phi) is 6.62. The van der Waals surface area contributed by atoms with Crippen LogP contribution in [0.15, 0.2) is 23.1 Å². The van der Waals surface area contributed by atoms with Crippen molar-refractivity contribution in [2.75, 3.05) is 12.0 Å². The SMILES string of the molecule is CSCCC(C(=O)O)N1C(=O)/C(=C/c2cc([N+](=O)[O-])ccc2O)SC1=S. The number of nitrogens with zero attached hydrogens (tertiary/aromatic N) is 2. The number of phenolic OH excluding ortho intramolecular Hbond substituents is 1. The van der Waals surface area contributed by atoms with Gasteiger partial charge < -0.3 is 10.2 Å². The van der Waals surface area contributed by atoms with E-state index in [1.54, 1.807) is 0 Å². The zero-order chi connectivity index (χ0) is 19.4. The molecular weight excluding hydrogens is 400 g/mol. The van der Waals surface area contributed by atoms with E-state index >= 15 is 0 Å². The molecular formula is C15H14N2O6S3. The Morgan fingerprint density at radius 1 is 1.54 bits per heavy atom. The van der Waals surface area contributed by atoms with Crippen LogP contribution in [-0.2, 0) is 9.59 Å². The lowest BCUT2D eigenvalue weighted by molar-refractivity contribution is -0.384. The van der Waals surface area contributed by atoms with E-state index < -0.39 is 22.8 Å². The van der Waals surface area contributed by atoms with Crippen molar-refractivity contribution >= 4 is 63.7 Å². The highest BCUT2D eigenvalue weighted by Gasteiger charge is 2.40. The third kappa shape index (κ3) is 4.34. The molecule has 1 aliphatic heterocycles. The van der Waals surface area contributed by atoms with Crippen molar-refractivity contribution in [3.05, 3.63) is 38.8 Å². The van der Waals surface area contributed by atoms with Crippen LogP contribution in [-0.4, -0.2) is 54.3 Å². The first-order valence-electron chi connectivity index (χ1n) is 7.22. The van der Waals surface area contributed by atoms with Gasteiger partial charge in [0, 0.05) is 17.7 Å². The largest absolute Gasteiger partial charge is 0.507 e. The first-order valence-corrected chi connectivity index (χ1v) is 9.84. The molecule has 1 aromatic carbocycles. The van der Waals surface area contributed by atoms with E-state index in [9.17, 15) is 29.9 Å². The lowest BCUT2D eigenvalue weighted by atomic mass is 10.1. The second-order valence-electron chi connectivity index (χ2n) is 5.19. The van der Waals surface area contributed by atoms with E-state index in [1.165, 1.54) is 17.8 Å². The number of carboxylic acid groups (broad SMARTS) is 1. The van der Waals surface area contributed by atoms with Crippen LogP contribution >= 0.6 is 35.7 Å². The quantitative estimate of drug-likeness (QED) is 0.300. The van der Waals surface area contributed by atoms with E-state index in [2.05, 4.69) is 0 Å². The summed E-state index contributed by atoms with van der Waals surface area (Å²) in [5.74, 6) is -1.45. The number of rotatable bonds is 7. The minimum absolute atomic E-state index is 0.0793. The van der Waals surface area contributed by atoms with Crippen LogP contribution in [0.2, 0.25) is 0 Å². The number of carbonyl (C=O) groups excluding carboxylic acids is 1. The summed E-state index contributed by atoms with van der Waals surface area (Å²) in [5, 5.41) is 30.2. The maximum atomic E-state index is 12.6. The van der Waals surface area contributed by atoms with Crippen molar-refractivity contribution in [2.45, 2.75) is 12.5 Å². The molecule has 2 rings (SSSR count). The number of benzene rings is 1. The van der Waals surface area contributed by atoms with Gasteiger partial charge in [-0.3, -0.25) is 19.8 Å². The van der Waals surface area contributed by atoms with Crippen molar-refractivity contribution in [3.63, 3.8) is 0 Å². The number of non-ortho nitro benzene ring substituents is 1. The topological polar surface area (TPSA) is 121 Å². The van der Waals surface area contributed by atoms with Gasteiger partial charge in [-0.25, -0.2) is 4.79 Å². The van der Waals surface area contributed by atoms with Gasteiger partial charge in [0.25, 0.3) is 11.6 Å². The van der Waals surface area contributed by atoms with Crippen molar-refractivity contribution in [2.24, 2.45) is 0 Å². The third-order valence-electron chi connectivity index (χ3n) is 3.52. The minimum Gasteiger partial charge on any atom is -0.507 e. The molecule has 8 nitrogen and oxygen atoms in total. The highest BCUT2D eigenvalue weighted by molar-refractivity contribution is 8.26. The van der Waals surface area contributed by atoms with Gasteiger partial charge in [-0.15, -0.1) is 0 Å². The van der Waals surface area contributed by atoms with E-state index in [-0.39, 0.29) is 32.6 Å². The number of aliphatic carboxylic acids is 1. The number of carboxylic acids is 1. The fourth-order valence-electron chi connectivity index (χ4n) is 2.25. The molecule has 1 saturated heterocycles. The summed E-state index contributed by atoms with van der Waals surface area (Å²) in [6.45, 7) is 0. The molecule has 1 amide bonds. The Hall–Kier alpha value is -2.11. The molecule has 1 unspecified atom stereocenters. The average Bonchev–Trinajstić information content (AvgIpc) is 2.84. The predicted octanol–water partition coefficient (Wildman–Crippen LogP) is 2.71. The van der Waals surface area contributed by atoms with Crippen LogP contribution in [0.5, 0.6) is 5.75 Å². The second-order valence-corrected chi connectivity index (χ2v) is 7.85. The molecule has 138 valence electrons. The number of thioether (sulfide) groups is 2. The fraction of sp³-hybridized carbons (Fsp3) is 0.267. The lowest BCUT2D eigenvalue weighted by Crippen LogP contribution is -2.44. The first-order chi connectivity index (χ1) is 12.3. The summed E-state index contributed by atoms with van der Waals surface area (Å²) in [4.78, 5) is 35.5. The van der Waals surface area contributed by atoms with Crippen LogP contribution in [0.3, 0.4) is 0 Å². The second kappa shape index (κ2) is 8.52. The first kappa shape index (κ1) is 20.2. The molecule has 1 aromatic rings. The number of nitro benzene ring substituents is 1. The standard InChI is InChI=1S/C15H14N2O6S3/c1-25-5-4-10(14(20)21)16-13(19)12(26-15(16)24)7-8-6-9(17(22)23)2-3-11(8)18/h2-3,6-7,10,18H,4-5H2,1H3,(H,20,21)/b12-7-. The van der Waals surface area contributed by atoms with Gasteiger partial charge >= 0.3 is 5.97 Å². The molecule has 11 heteroatoms. The smallest absolute Gasteiger partial charge is 0.326 e. The molecule has 1 atom stereocenters. The summed E-state index contributed by atoms with van der Waals surface area (Å²) in [6, 6.07) is 2.34. The number of carbonyl (C=O) groups is 2. The van der Waals surface area contributed by atoms with Crippen molar-refractivity contribution in [3.8, 4) is 5.75 Å². The zero-order valence-electron chi connectivity index (χ0n) is 13.4. The Bertz CT molecular complexity index is 811. The van der Waals surface area contributed by atoms with Crippen molar-refractivity contribution in [1.29, 1.82) is 0 Å². The van der Waals surface area contributed by atoms with Gasteiger partial charge in [0.05, 0.1) is 9.83 Å². The average molecular weight is 414 g/mol. The summed E-state index contributed by atoms with van der Waals surface area (Å²) in [7, 11) is 0. The van der Waals surface area contributed by atoms with Crippen LogP contribution in [0, 0.1) is 10.1 Å². The van der Waals surface area contributed by atoms with Gasteiger partial charge in [-0.2, -0.15) is 11.8 Å². The number of hydrogen-bond acceptors (Lipinski definition) is 8. The maximum absolute atomic E-state index is 12.6. The van der Waals surface area contributed by atoms with Crippen LogP contribution in [0.1, 0.15) is 12.0 Å². The molecule has 1 aliphatic rings. The Balaban J connectivity index is 2.36. The van der Waals surface area contributed by atoms with E-state index in [0.29, 0.717) is 5.75 Å². The van der Waals surface area contributed by atoms with Crippen molar-refractivity contribution < 1.29 is 24.7 Å². The van der Waals surface area contributed by atoms with E-state index in [1.807, 2.05) is 6.26 Å². The van der Waals surface area contributed by atoms with Crippen LogP contribution in [0.4, 0.5) is 5.69 Å².